The number of nitrogens with two attached hydrogens (primary N) is 2. The van der Waals surface area contributed by atoms with Gasteiger partial charge in [-0.1, -0.05) is 0 Å². The largest absolute Gasteiger partial charge is 0.398 e. The molecule has 2 rings (SSSR count). The SMILES string of the molecule is CN(CC1(N(C)C)CCC1)c1ccc(S(N)(=O)=O)c(N)c1. The molecule has 1 aromatic rings. The Balaban J connectivity index is 2.21. The Morgan fingerprint density at radius 3 is 2.24 bits per heavy atom. The van der Waals surface area contributed by atoms with E-state index in [0.717, 1.165) is 12.2 Å². The molecule has 0 atom stereocenters. The summed E-state index contributed by atoms with van der Waals surface area (Å²) in [6.45, 7) is 0.883. The van der Waals surface area contributed by atoms with Crippen LogP contribution in [0.5, 0.6) is 0 Å². The van der Waals surface area contributed by atoms with Crippen molar-refractivity contribution in [1.29, 1.82) is 0 Å². The van der Waals surface area contributed by atoms with E-state index in [1.54, 1.807) is 12.1 Å². The van der Waals surface area contributed by atoms with Crippen molar-refractivity contribution in [2.45, 2.75) is 29.7 Å². The molecule has 4 N–H and O–H groups in total. The first-order valence-corrected chi connectivity index (χ1v) is 8.51. The van der Waals surface area contributed by atoms with Gasteiger partial charge in [-0.2, -0.15) is 0 Å². The molecule has 6 nitrogen and oxygen atoms in total. The number of rotatable bonds is 5. The summed E-state index contributed by atoms with van der Waals surface area (Å²) in [7, 11) is 2.43. The minimum Gasteiger partial charge on any atom is -0.398 e. The lowest BCUT2D eigenvalue weighted by Crippen LogP contribution is -2.56. The third-order valence-corrected chi connectivity index (χ3v) is 5.49. The van der Waals surface area contributed by atoms with Crippen LogP contribution < -0.4 is 15.8 Å². The maximum atomic E-state index is 11.4. The molecular weight excluding hydrogens is 288 g/mol. The molecule has 0 aliphatic heterocycles. The van der Waals surface area contributed by atoms with Crippen LogP contribution in [0.2, 0.25) is 0 Å². The normalized spacial score (nSPS) is 17.6. The molecular formula is C14H24N4O2S. The lowest BCUT2D eigenvalue weighted by atomic mass is 9.75. The highest BCUT2D eigenvalue weighted by Crippen LogP contribution is 2.37. The fourth-order valence-electron chi connectivity index (χ4n) is 2.90. The number of hydrogen-bond acceptors (Lipinski definition) is 5. The molecule has 0 bridgehead atoms. The van der Waals surface area contributed by atoms with E-state index in [1.807, 2.05) is 7.05 Å². The van der Waals surface area contributed by atoms with Crippen LogP contribution in [0, 0.1) is 0 Å². The second kappa shape index (κ2) is 5.47. The molecule has 0 aromatic heterocycles. The molecule has 1 saturated carbocycles. The maximum Gasteiger partial charge on any atom is 0.240 e. The van der Waals surface area contributed by atoms with Crippen molar-refractivity contribution in [3.8, 4) is 0 Å². The summed E-state index contributed by atoms with van der Waals surface area (Å²) in [6.07, 6.45) is 3.60. The van der Waals surface area contributed by atoms with Crippen LogP contribution in [-0.2, 0) is 10.0 Å². The van der Waals surface area contributed by atoms with E-state index in [4.69, 9.17) is 10.9 Å². The van der Waals surface area contributed by atoms with Gasteiger partial charge in [-0.25, -0.2) is 13.6 Å². The second-order valence-electron chi connectivity index (χ2n) is 6.10. The molecule has 0 amide bonds. The number of sulfonamides is 1. The van der Waals surface area contributed by atoms with Crippen LogP contribution in [0.4, 0.5) is 11.4 Å². The Morgan fingerprint density at radius 1 is 1.24 bits per heavy atom. The first-order valence-electron chi connectivity index (χ1n) is 6.97. The molecule has 1 fully saturated rings. The average Bonchev–Trinajstić information content (AvgIpc) is 2.31. The molecule has 0 saturated heterocycles. The summed E-state index contributed by atoms with van der Waals surface area (Å²) in [5.41, 5.74) is 7.10. The van der Waals surface area contributed by atoms with E-state index in [9.17, 15) is 8.42 Å². The summed E-state index contributed by atoms with van der Waals surface area (Å²) < 4.78 is 22.8. The van der Waals surface area contributed by atoms with Gasteiger partial charge < -0.3 is 15.5 Å². The van der Waals surface area contributed by atoms with Crippen LogP contribution in [0.3, 0.4) is 0 Å². The highest BCUT2D eigenvalue weighted by atomic mass is 32.2. The molecule has 7 heteroatoms. The fraction of sp³-hybridized carbons (Fsp3) is 0.571. The Kier molecular flexibility index (Phi) is 4.19. The highest BCUT2D eigenvalue weighted by Gasteiger charge is 2.40. The number of nitrogens with zero attached hydrogens (tertiary/aromatic N) is 2. The van der Waals surface area contributed by atoms with Gasteiger partial charge in [-0.15, -0.1) is 0 Å². The first-order chi connectivity index (χ1) is 9.66. The number of primary sulfonamides is 1. The molecule has 0 spiro atoms. The van der Waals surface area contributed by atoms with E-state index in [-0.39, 0.29) is 16.1 Å². The van der Waals surface area contributed by atoms with Crippen molar-refractivity contribution in [3.05, 3.63) is 18.2 Å². The van der Waals surface area contributed by atoms with E-state index >= 15 is 0 Å². The Hall–Kier alpha value is -1.31. The van der Waals surface area contributed by atoms with E-state index < -0.39 is 10.0 Å². The summed E-state index contributed by atoms with van der Waals surface area (Å²) in [4.78, 5) is 4.36. The minimum atomic E-state index is -3.77. The van der Waals surface area contributed by atoms with Crippen LogP contribution in [0.25, 0.3) is 0 Å². The predicted octanol–water partition coefficient (Wildman–Crippen LogP) is 0.837. The Bertz CT molecular complexity index is 624. The fourth-order valence-corrected chi connectivity index (χ4v) is 3.54. The van der Waals surface area contributed by atoms with Crippen LogP contribution >= 0.6 is 0 Å². The van der Waals surface area contributed by atoms with E-state index in [2.05, 4.69) is 23.9 Å². The first kappa shape index (κ1) is 16.1. The van der Waals surface area contributed by atoms with Gasteiger partial charge >= 0.3 is 0 Å². The summed E-state index contributed by atoms with van der Waals surface area (Å²) in [5.74, 6) is 0. The van der Waals surface area contributed by atoms with Crippen molar-refractivity contribution >= 4 is 21.4 Å². The van der Waals surface area contributed by atoms with Gasteiger partial charge in [0.05, 0.1) is 5.69 Å². The van der Waals surface area contributed by atoms with Crippen LogP contribution in [0.15, 0.2) is 23.1 Å². The van der Waals surface area contributed by atoms with Crippen molar-refractivity contribution in [2.24, 2.45) is 5.14 Å². The predicted molar refractivity (Wildman–Crippen MR) is 85.8 cm³/mol. The second-order valence-corrected chi connectivity index (χ2v) is 7.63. The summed E-state index contributed by atoms with van der Waals surface area (Å²) in [5, 5.41) is 5.13. The highest BCUT2D eigenvalue weighted by molar-refractivity contribution is 7.89. The molecule has 118 valence electrons. The van der Waals surface area contributed by atoms with Gasteiger partial charge in [-0.3, -0.25) is 0 Å². The molecule has 1 aromatic carbocycles. The van der Waals surface area contributed by atoms with E-state index in [0.29, 0.717) is 0 Å². The third kappa shape index (κ3) is 3.14. The summed E-state index contributed by atoms with van der Waals surface area (Å²) in [6, 6.07) is 4.89. The quantitative estimate of drug-likeness (QED) is 0.786. The van der Waals surface area contributed by atoms with Gasteiger partial charge in [-0.05, 0) is 51.6 Å². The minimum absolute atomic E-state index is 0.0226. The smallest absolute Gasteiger partial charge is 0.240 e. The van der Waals surface area contributed by atoms with Crippen molar-refractivity contribution < 1.29 is 8.42 Å². The van der Waals surface area contributed by atoms with E-state index in [1.165, 1.54) is 25.3 Å². The monoisotopic (exact) mass is 312 g/mol. The van der Waals surface area contributed by atoms with Gasteiger partial charge in [0.25, 0.3) is 0 Å². The van der Waals surface area contributed by atoms with Crippen molar-refractivity contribution in [1.82, 2.24) is 4.90 Å². The molecule has 0 unspecified atom stereocenters. The van der Waals surface area contributed by atoms with Gasteiger partial charge in [0.1, 0.15) is 4.90 Å². The number of anilines is 2. The lowest BCUT2D eigenvalue weighted by Gasteiger charge is -2.49. The third-order valence-electron chi connectivity index (χ3n) is 4.51. The Morgan fingerprint density at radius 2 is 1.86 bits per heavy atom. The summed E-state index contributed by atoms with van der Waals surface area (Å²) >= 11 is 0. The van der Waals surface area contributed by atoms with Crippen molar-refractivity contribution in [2.75, 3.05) is 38.3 Å². The van der Waals surface area contributed by atoms with Crippen LogP contribution in [0.1, 0.15) is 19.3 Å². The molecule has 1 aliphatic carbocycles. The average molecular weight is 312 g/mol. The van der Waals surface area contributed by atoms with Gasteiger partial charge in [0.15, 0.2) is 0 Å². The van der Waals surface area contributed by atoms with Crippen LogP contribution in [-0.4, -0.2) is 46.5 Å². The Labute approximate surface area is 126 Å². The van der Waals surface area contributed by atoms with Gasteiger partial charge in [0.2, 0.25) is 10.0 Å². The zero-order valence-corrected chi connectivity index (χ0v) is 13.7. The van der Waals surface area contributed by atoms with Gasteiger partial charge in [0, 0.05) is 24.8 Å². The topological polar surface area (TPSA) is 92.7 Å². The molecule has 0 radical (unpaired) electrons. The zero-order chi connectivity index (χ0) is 15.8. The molecule has 0 heterocycles. The van der Waals surface area contributed by atoms with Crippen molar-refractivity contribution in [3.63, 3.8) is 0 Å². The number of nitrogen functional groups attached to an aromatic ring is 1. The maximum absolute atomic E-state index is 11.4. The number of benzene rings is 1. The lowest BCUT2D eigenvalue weighted by molar-refractivity contribution is 0.0683. The zero-order valence-electron chi connectivity index (χ0n) is 12.8. The molecule has 1 aliphatic rings. The number of hydrogen-bond donors (Lipinski definition) is 2. The standard InChI is InChI=1S/C14H24N4O2S/c1-17(2)14(7-4-8-14)10-18(3)11-5-6-13(12(15)9-11)21(16,19)20/h5-6,9H,4,7-8,10,15H2,1-3H3,(H2,16,19,20). The number of likely N-dealkylation sites (N-methyl/N-ethyl adjacent to an activating group) is 2. The molecule has 21 heavy (non-hydrogen) atoms.